The molecule has 0 amide bonds. The third kappa shape index (κ3) is 2.88. The van der Waals surface area contributed by atoms with Crippen molar-refractivity contribution in [3.8, 4) is 0 Å². The first kappa shape index (κ1) is 19.7. The Hall–Kier alpha value is -0.610. The molecule has 4 aliphatic carbocycles. The molecule has 0 aromatic carbocycles. The van der Waals surface area contributed by atoms with E-state index >= 15 is 0 Å². The fraction of sp³-hybridized carbons (Fsp3) is 0.957. The van der Waals surface area contributed by atoms with E-state index in [1.54, 1.807) is 21.1 Å². The summed E-state index contributed by atoms with van der Waals surface area (Å²) in [6.07, 6.45) is 10.8. The third-order valence-electron chi connectivity index (χ3n) is 9.63. The molecule has 0 heterocycles. The van der Waals surface area contributed by atoms with Crippen LogP contribution in [0.25, 0.3) is 0 Å². The second kappa shape index (κ2) is 6.73. The van der Waals surface area contributed by atoms with E-state index in [4.69, 9.17) is 14.2 Å². The highest BCUT2D eigenvalue weighted by Gasteiger charge is 2.62. The van der Waals surface area contributed by atoms with E-state index in [2.05, 4.69) is 13.8 Å². The van der Waals surface area contributed by atoms with Gasteiger partial charge >= 0.3 is 5.97 Å². The zero-order valence-electron chi connectivity index (χ0n) is 17.9. The maximum atomic E-state index is 11.6. The van der Waals surface area contributed by atoms with Crippen LogP contribution in [-0.2, 0) is 19.0 Å². The SMILES string of the molecule is COC1(OC)CC[C@@]2(C)[C@@H](CC[C@H]3[C@@H]2CC[C@]2(C)[C@@H](OC(C)=O)CC[C@@H]32)C1. The number of fused-ring (bicyclic) bond motifs is 5. The highest BCUT2D eigenvalue weighted by Crippen LogP contribution is 2.67. The second-order valence-corrected chi connectivity index (χ2v) is 10.4. The molecule has 0 aromatic rings. The van der Waals surface area contributed by atoms with E-state index in [1.807, 2.05) is 0 Å². The summed E-state index contributed by atoms with van der Waals surface area (Å²) in [4.78, 5) is 11.6. The molecule has 4 heteroatoms. The number of hydrogen-bond donors (Lipinski definition) is 0. The molecule has 4 rings (SSSR count). The lowest BCUT2D eigenvalue weighted by molar-refractivity contribution is -0.261. The minimum Gasteiger partial charge on any atom is -0.462 e. The molecular weight excluding hydrogens is 340 g/mol. The van der Waals surface area contributed by atoms with Crippen molar-refractivity contribution in [3.05, 3.63) is 0 Å². The van der Waals surface area contributed by atoms with Crippen LogP contribution in [0.5, 0.6) is 0 Å². The molecule has 4 fully saturated rings. The molecule has 4 aliphatic rings. The normalized spacial score (nSPS) is 48.3. The van der Waals surface area contributed by atoms with Gasteiger partial charge in [0.1, 0.15) is 6.10 Å². The van der Waals surface area contributed by atoms with Gasteiger partial charge in [-0.25, -0.2) is 0 Å². The molecular formula is C23H38O4. The summed E-state index contributed by atoms with van der Waals surface area (Å²) in [6.45, 7) is 6.53. The standard InChI is InChI=1S/C23H38O4/c1-15(24)27-20-9-8-18-17-7-6-16-14-23(25-4,26-5)13-12-21(16,2)19(17)10-11-22(18,20)3/h16-20H,6-14H2,1-5H3/t16-,17+,18-,19-,20-,21-,22-/m0/s1. The Labute approximate surface area is 164 Å². The average molecular weight is 379 g/mol. The Morgan fingerprint density at radius 3 is 2.22 bits per heavy atom. The Kier molecular flexibility index (Phi) is 4.91. The van der Waals surface area contributed by atoms with Crippen LogP contribution < -0.4 is 0 Å². The van der Waals surface area contributed by atoms with Crippen LogP contribution in [0.4, 0.5) is 0 Å². The predicted octanol–water partition coefficient (Wildman–Crippen LogP) is 4.95. The highest BCUT2D eigenvalue weighted by molar-refractivity contribution is 5.66. The summed E-state index contributed by atoms with van der Waals surface area (Å²) in [7, 11) is 3.61. The molecule has 4 nitrogen and oxygen atoms in total. The van der Waals surface area contributed by atoms with Crippen LogP contribution in [0.15, 0.2) is 0 Å². The third-order valence-corrected chi connectivity index (χ3v) is 9.63. The quantitative estimate of drug-likeness (QED) is 0.515. The number of carbonyl (C=O) groups excluding carboxylic acids is 1. The molecule has 0 aliphatic heterocycles. The Balaban J connectivity index is 1.55. The molecule has 0 radical (unpaired) electrons. The van der Waals surface area contributed by atoms with E-state index in [9.17, 15) is 4.79 Å². The van der Waals surface area contributed by atoms with Gasteiger partial charge in [0.15, 0.2) is 5.79 Å². The van der Waals surface area contributed by atoms with Crippen molar-refractivity contribution < 1.29 is 19.0 Å². The van der Waals surface area contributed by atoms with Crippen LogP contribution in [-0.4, -0.2) is 32.1 Å². The number of ether oxygens (including phenoxy) is 3. The average Bonchev–Trinajstić information content (AvgIpc) is 2.97. The maximum absolute atomic E-state index is 11.6. The van der Waals surface area contributed by atoms with Crippen LogP contribution in [0.2, 0.25) is 0 Å². The summed E-state index contributed by atoms with van der Waals surface area (Å²) < 4.78 is 17.4. The largest absolute Gasteiger partial charge is 0.462 e. The first-order valence-electron chi connectivity index (χ1n) is 11.1. The van der Waals surface area contributed by atoms with E-state index in [-0.39, 0.29) is 23.3 Å². The van der Waals surface area contributed by atoms with Crippen molar-refractivity contribution in [1.29, 1.82) is 0 Å². The molecule has 154 valence electrons. The molecule has 0 saturated heterocycles. The number of hydrogen-bond acceptors (Lipinski definition) is 4. The summed E-state index contributed by atoms with van der Waals surface area (Å²) in [5, 5.41) is 0. The smallest absolute Gasteiger partial charge is 0.302 e. The molecule has 0 aromatic heterocycles. The van der Waals surface area contributed by atoms with E-state index in [0.717, 1.165) is 37.0 Å². The number of carbonyl (C=O) groups is 1. The van der Waals surface area contributed by atoms with Crippen LogP contribution in [0, 0.1) is 34.5 Å². The predicted molar refractivity (Wildman–Crippen MR) is 104 cm³/mol. The van der Waals surface area contributed by atoms with Crippen molar-refractivity contribution in [3.63, 3.8) is 0 Å². The van der Waals surface area contributed by atoms with Gasteiger partial charge in [0.25, 0.3) is 0 Å². The zero-order chi connectivity index (χ0) is 19.4. The Bertz CT molecular complexity index is 585. The van der Waals surface area contributed by atoms with Gasteiger partial charge in [-0.15, -0.1) is 0 Å². The first-order chi connectivity index (χ1) is 12.8. The van der Waals surface area contributed by atoms with Crippen molar-refractivity contribution in [2.75, 3.05) is 14.2 Å². The van der Waals surface area contributed by atoms with Crippen molar-refractivity contribution in [2.45, 2.75) is 90.4 Å². The summed E-state index contributed by atoms with van der Waals surface area (Å²) in [6, 6.07) is 0. The fourth-order valence-corrected chi connectivity index (χ4v) is 8.00. The lowest BCUT2D eigenvalue weighted by atomic mass is 9.45. The number of rotatable bonds is 3. The molecule has 0 N–H and O–H groups in total. The van der Waals surface area contributed by atoms with E-state index < -0.39 is 0 Å². The minimum absolute atomic E-state index is 0.109. The maximum Gasteiger partial charge on any atom is 0.302 e. The number of methoxy groups -OCH3 is 2. The van der Waals surface area contributed by atoms with Gasteiger partial charge in [-0.3, -0.25) is 4.79 Å². The Morgan fingerprint density at radius 1 is 0.852 bits per heavy atom. The molecule has 27 heavy (non-hydrogen) atoms. The van der Waals surface area contributed by atoms with Gasteiger partial charge in [0.2, 0.25) is 0 Å². The summed E-state index contributed by atoms with van der Waals surface area (Å²) in [5.74, 6) is 2.54. The van der Waals surface area contributed by atoms with Crippen molar-refractivity contribution >= 4 is 5.97 Å². The van der Waals surface area contributed by atoms with Gasteiger partial charge in [0.05, 0.1) is 0 Å². The monoisotopic (exact) mass is 378 g/mol. The van der Waals surface area contributed by atoms with Gasteiger partial charge in [-0.1, -0.05) is 13.8 Å². The van der Waals surface area contributed by atoms with Crippen LogP contribution >= 0.6 is 0 Å². The molecule has 4 saturated carbocycles. The lowest BCUT2D eigenvalue weighted by Gasteiger charge is -2.62. The molecule has 0 bridgehead atoms. The second-order valence-electron chi connectivity index (χ2n) is 10.4. The van der Waals surface area contributed by atoms with Gasteiger partial charge < -0.3 is 14.2 Å². The van der Waals surface area contributed by atoms with E-state index in [0.29, 0.717) is 11.3 Å². The van der Waals surface area contributed by atoms with Gasteiger partial charge in [0, 0.05) is 39.4 Å². The molecule has 0 unspecified atom stereocenters. The van der Waals surface area contributed by atoms with Crippen molar-refractivity contribution in [2.24, 2.45) is 34.5 Å². The first-order valence-corrected chi connectivity index (χ1v) is 11.1. The van der Waals surface area contributed by atoms with Crippen molar-refractivity contribution in [1.82, 2.24) is 0 Å². The number of esters is 1. The van der Waals surface area contributed by atoms with E-state index in [1.165, 1.54) is 38.5 Å². The summed E-state index contributed by atoms with van der Waals surface area (Å²) >= 11 is 0. The molecule has 0 spiro atoms. The molecule has 7 atom stereocenters. The van der Waals surface area contributed by atoms with Crippen LogP contribution in [0.3, 0.4) is 0 Å². The zero-order valence-corrected chi connectivity index (χ0v) is 17.9. The highest BCUT2D eigenvalue weighted by atomic mass is 16.7. The minimum atomic E-state index is -0.367. The van der Waals surface area contributed by atoms with Gasteiger partial charge in [-0.2, -0.15) is 0 Å². The Morgan fingerprint density at radius 2 is 1.56 bits per heavy atom. The fourth-order valence-electron chi connectivity index (χ4n) is 8.00. The topological polar surface area (TPSA) is 44.8 Å². The van der Waals surface area contributed by atoms with Crippen LogP contribution in [0.1, 0.15) is 78.6 Å². The lowest BCUT2D eigenvalue weighted by Crippen LogP contribution is -2.57. The van der Waals surface area contributed by atoms with Gasteiger partial charge in [-0.05, 0) is 74.0 Å². The summed E-state index contributed by atoms with van der Waals surface area (Å²) in [5.41, 5.74) is 0.595.